The fourth-order valence-corrected chi connectivity index (χ4v) is 4.18. The van der Waals surface area contributed by atoms with Crippen molar-refractivity contribution in [2.45, 2.75) is 12.6 Å². The summed E-state index contributed by atoms with van der Waals surface area (Å²) < 4.78 is 5.41. The molecule has 0 spiro atoms. The average Bonchev–Trinajstić information content (AvgIpc) is 3.21. The summed E-state index contributed by atoms with van der Waals surface area (Å²) in [4.78, 5) is 14.9. The van der Waals surface area contributed by atoms with Gasteiger partial charge in [-0.2, -0.15) is 0 Å². The van der Waals surface area contributed by atoms with E-state index in [1.54, 1.807) is 24.5 Å². The molecule has 4 nitrogen and oxygen atoms in total. The molecule has 2 atom stereocenters. The third-order valence-corrected chi connectivity index (χ3v) is 5.64. The van der Waals surface area contributed by atoms with Gasteiger partial charge in [-0.1, -0.05) is 48.0 Å². The molecule has 0 aliphatic rings. The van der Waals surface area contributed by atoms with Gasteiger partial charge in [0.1, 0.15) is 12.3 Å². The first kappa shape index (κ1) is 20.4. The van der Waals surface area contributed by atoms with E-state index in [4.69, 9.17) is 16.3 Å². The van der Waals surface area contributed by atoms with Crippen LogP contribution >= 0.6 is 22.9 Å². The van der Waals surface area contributed by atoms with E-state index in [2.05, 4.69) is 11.4 Å². The van der Waals surface area contributed by atoms with Gasteiger partial charge < -0.3 is 15.0 Å². The van der Waals surface area contributed by atoms with Crippen LogP contribution < -0.4 is 15.0 Å². The molecule has 0 saturated heterocycles. The Bertz CT molecular complexity index is 900. The molecule has 2 aromatic carbocycles. The summed E-state index contributed by atoms with van der Waals surface area (Å²) in [5.74, 6) is 0.783. The molecule has 0 bridgehead atoms. The van der Waals surface area contributed by atoms with Gasteiger partial charge in [-0.05, 0) is 35.2 Å². The van der Waals surface area contributed by atoms with Crippen LogP contribution in [0.5, 0.6) is 5.75 Å². The molecule has 3 aromatic rings. The molecule has 3 rings (SSSR count). The van der Waals surface area contributed by atoms with Crippen LogP contribution in [0.3, 0.4) is 0 Å². The summed E-state index contributed by atoms with van der Waals surface area (Å²) in [5, 5.41) is 5.88. The number of quaternary nitrogens is 1. The lowest BCUT2D eigenvalue weighted by molar-refractivity contribution is -0.885. The highest BCUT2D eigenvalue weighted by atomic mass is 35.5. The average molecular weight is 416 g/mol. The monoisotopic (exact) mass is 415 g/mol. The van der Waals surface area contributed by atoms with E-state index in [9.17, 15) is 4.79 Å². The molecule has 0 aliphatic carbocycles. The van der Waals surface area contributed by atoms with Gasteiger partial charge in [0.2, 0.25) is 0 Å². The first-order valence-electron chi connectivity index (χ1n) is 9.08. The molecule has 1 amide bonds. The van der Waals surface area contributed by atoms with Gasteiger partial charge in [0.15, 0.2) is 6.54 Å². The predicted octanol–water partition coefficient (Wildman–Crippen LogP) is 3.33. The molecular weight excluding hydrogens is 392 g/mol. The number of carbonyl (C=O) groups excluding carboxylic acids is 1. The highest BCUT2D eigenvalue weighted by Gasteiger charge is 2.20. The summed E-state index contributed by atoms with van der Waals surface area (Å²) in [5.41, 5.74) is 2.06. The number of nitrogens with one attached hydrogen (secondary N) is 2. The second kappa shape index (κ2) is 9.73. The van der Waals surface area contributed by atoms with E-state index >= 15 is 0 Å². The molecule has 0 saturated carbocycles. The Morgan fingerprint density at radius 1 is 1.18 bits per heavy atom. The zero-order valence-electron chi connectivity index (χ0n) is 15.9. The summed E-state index contributed by atoms with van der Waals surface area (Å²) in [6.07, 6.45) is 0. The maximum atomic E-state index is 12.8. The minimum Gasteiger partial charge on any atom is -0.496 e. The van der Waals surface area contributed by atoms with Crippen LogP contribution in [0.15, 0.2) is 66.0 Å². The van der Waals surface area contributed by atoms with Crippen molar-refractivity contribution in [1.29, 1.82) is 0 Å². The number of thiophene rings is 1. The van der Waals surface area contributed by atoms with Crippen molar-refractivity contribution in [3.8, 4) is 5.75 Å². The number of hydrogen-bond donors (Lipinski definition) is 2. The van der Waals surface area contributed by atoms with Crippen molar-refractivity contribution >= 4 is 28.8 Å². The highest BCUT2D eigenvalue weighted by molar-refractivity contribution is 7.10. The van der Waals surface area contributed by atoms with Crippen LogP contribution in [0.4, 0.5) is 0 Å². The minimum absolute atomic E-state index is 0.000693. The molecule has 0 radical (unpaired) electrons. The van der Waals surface area contributed by atoms with Crippen molar-refractivity contribution in [2.75, 3.05) is 20.7 Å². The lowest BCUT2D eigenvalue weighted by Gasteiger charge is -2.20. The zero-order chi connectivity index (χ0) is 19.9. The highest BCUT2D eigenvalue weighted by Crippen LogP contribution is 2.25. The van der Waals surface area contributed by atoms with E-state index in [1.165, 1.54) is 0 Å². The number of hydrogen-bond acceptors (Lipinski definition) is 3. The fourth-order valence-electron chi connectivity index (χ4n) is 3.18. The Balaban J connectivity index is 1.67. The summed E-state index contributed by atoms with van der Waals surface area (Å²) >= 11 is 7.76. The Kier molecular flexibility index (Phi) is 7.09. The van der Waals surface area contributed by atoms with Crippen LogP contribution in [-0.4, -0.2) is 26.6 Å². The summed E-state index contributed by atoms with van der Waals surface area (Å²) in [6.45, 7) is 0.997. The SMILES string of the molecule is COc1ccc(Cl)cc1C[NH+](C)CC(=O)N[C@H](c1ccccc1)c1cccs1. The van der Waals surface area contributed by atoms with Gasteiger partial charge in [-0.25, -0.2) is 0 Å². The normalized spacial score (nSPS) is 13.0. The lowest BCUT2D eigenvalue weighted by Crippen LogP contribution is -3.08. The molecule has 2 N–H and O–H groups in total. The molecule has 1 heterocycles. The van der Waals surface area contributed by atoms with Gasteiger partial charge in [0, 0.05) is 15.5 Å². The molecule has 1 unspecified atom stereocenters. The topological polar surface area (TPSA) is 42.8 Å². The number of ether oxygens (including phenoxy) is 1. The van der Waals surface area contributed by atoms with Crippen LogP contribution in [0, 0.1) is 0 Å². The second-order valence-electron chi connectivity index (χ2n) is 6.69. The number of benzene rings is 2. The number of carbonyl (C=O) groups is 1. The number of methoxy groups -OCH3 is 1. The van der Waals surface area contributed by atoms with Crippen molar-refractivity contribution in [3.05, 3.63) is 87.1 Å². The first-order valence-corrected chi connectivity index (χ1v) is 10.3. The maximum Gasteiger partial charge on any atom is 0.275 e. The molecular formula is C22H24ClN2O2S+. The summed E-state index contributed by atoms with van der Waals surface area (Å²) in [7, 11) is 3.63. The Hall–Kier alpha value is -2.34. The lowest BCUT2D eigenvalue weighted by atomic mass is 10.1. The second-order valence-corrected chi connectivity index (χ2v) is 8.11. The van der Waals surface area contributed by atoms with E-state index in [-0.39, 0.29) is 11.9 Å². The quantitative estimate of drug-likeness (QED) is 0.592. The van der Waals surface area contributed by atoms with E-state index < -0.39 is 0 Å². The number of rotatable bonds is 8. The molecule has 1 aromatic heterocycles. The molecule has 0 fully saturated rings. The number of amides is 1. The first-order chi connectivity index (χ1) is 13.6. The van der Waals surface area contributed by atoms with E-state index in [0.29, 0.717) is 18.1 Å². The van der Waals surface area contributed by atoms with E-state index in [0.717, 1.165) is 26.7 Å². The van der Waals surface area contributed by atoms with Gasteiger partial charge in [-0.3, -0.25) is 4.79 Å². The molecule has 0 aliphatic heterocycles. The summed E-state index contributed by atoms with van der Waals surface area (Å²) in [6, 6.07) is 19.5. The third kappa shape index (κ3) is 5.35. The van der Waals surface area contributed by atoms with Gasteiger partial charge >= 0.3 is 0 Å². The molecule has 6 heteroatoms. The van der Waals surface area contributed by atoms with Crippen LogP contribution in [0.25, 0.3) is 0 Å². The van der Waals surface area contributed by atoms with Gasteiger partial charge in [-0.15, -0.1) is 11.3 Å². The number of halogens is 1. The fraction of sp³-hybridized carbons (Fsp3) is 0.227. The zero-order valence-corrected chi connectivity index (χ0v) is 17.5. The van der Waals surface area contributed by atoms with E-state index in [1.807, 2.05) is 61.0 Å². The smallest absolute Gasteiger partial charge is 0.275 e. The standard InChI is InChI=1S/C22H23ClN2O2S/c1-25(14-17-13-18(23)10-11-19(17)27-2)15-21(26)24-22(20-9-6-12-28-20)16-7-4-3-5-8-16/h3-13,22H,14-15H2,1-2H3,(H,24,26)/p+1/t22-/m1/s1. The van der Waals surface area contributed by atoms with Crippen molar-refractivity contribution in [2.24, 2.45) is 0 Å². The van der Waals surface area contributed by atoms with Crippen LogP contribution in [-0.2, 0) is 11.3 Å². The maximum absolute atomic E-state index is 12.8. The van der Waals surface area contributed by atoms with Crippen LogP contribution in [0.2, 0.25) is 5.02 Å². The molecule has 146 valence electrons. The van der Waals surface area contributed by atoms with Crippen molar-refractivity contribution in [3.63, 3.8) is 0 Å². The van der Waals surface area contributed by atoms with Crippen molar-refractivity contribution < 1.29 is 14.4 Å². The Morgan fingerprint density at radius 3 is 2.64 bits per heavy atom. The van der Waals surface area contributed by atoms with Gasteiger partial charge in [0.25, 0.3) is 5.91 Å². The largest absolute Gasteiger partial charge is 0.496 e. The van der Waals surface area contributed by atoms with Crippen molar-refractivity contribution in [1.82, 2.24) is 5.32 Å². The minimum atomic E-state index is -0.137. The predicted molar refractivity (Wildman–Crippen MR) is 114 cm³/mol. The Labute approximate surface area is 174 Å². The Morgan fingerprint density at radius 2 is 1.96 bits per heavy atom. The van der Waals surface area contributed by atoms with Gasteiger partial charge in [0.05, 0.1) is 20.2 Å². The number of likely N-dealkylation sites (N-methyl/N-ethyl adjacent to an activating group) is 1. The van der Waals surface area contributed by atoms with Crippen LogP contribution in [0.1, 0.15) is 22.0 Å². The third-order valence-electron chi connectivity index (χ3n) is 4.46. The molecule has 28 heavy (non-hydrogen) atoms.